The van der Waals surface area contributed by atoms with E-state index in [0.717, 1.165) is 26.6 Å². The minimum absolute atomic E-state index is 0.104. The summed E-state index contributed by atoms with van der Waals surface area (Å²) in [6.07, 6.45) is 0. The van der Waals surface area contributed by atoms with Gasteiger partial charge in [0.15, 0.2) is 4.96 Å². The molecule has 0 saturated carbocycles. The molecule has 0 unspecified atom stereocenters. The van der Waals surface area contributed by atoms with Crippen molar-refractivity contribution in [1.82, 2.24) is 9.38 Å². The number of aryl methyl sites for hydroxylation is 1. The lowest BCUT2D eigenvalue weighted by atomic mass is 10.2. The molecular formula is C22H15N3O3S. The number of thiazole rings is 1. The van der Waals surface area contributed by atoms with E-state index in [4.69, 9.17) is 4.42 Å². The zero-order valence-corrected chi connectivity index (χ0v) is 16.2. The number of imidazole rings is 1. The molecule has 2 aromatic carbocycles. The van der Waals surface area contributed by atoms with E-state index in [1.807, 2.05) is 37.3 Å². The van der Waals surface area contributed by atoms with E-state index < -0.39 is 5.63 Å². The molecule has 7 heteroatoms. The lowest BCUT2D eigenvalue weighted by Gasteiger charge is -2.05. The molecule has 29 heavy (non-hydrogen) atoms. The van der Waals surface area contributed by atoms with E-state index >= 15 is 0 Å². The first-order valence-electron chi connectivity index (χ1n) is 8.99. The fourth-order valence-corrected chi connectivity index (χ4v) is 4.41. The lowest BCUT2D eigenvalue weighted by Crippen LogP contribution is -2.17. The Labute approximate surface area is 169 Å². The summed E-state index contributed by atoms with van der Waals surface area (Å²) in [7, 11) is 0. The molecule has 3 heterocycles. The summed E-state index contributed by atoms with van der Waals surface area (Å²) >= 11 is 1.46. The van der Waals surface area contributed by atoms with Crippen molar-refractivity contribution >= 4 is 38.9 Å². The average Bonchev–Trinajstić information content (AvgIpc) is 3.26. The van der Waals surface area contributed by atoms with Gasteiger partial charge in [-0.3, -0.25) is 9.20 Å². The zero-order chi connectivity index (χ0) is 20.0. The third-order valence-corrected chi connectivity index (χ3v) is 5.88. The first-order valence-corrected chi connectivity index (χ1v) is 9.81. The number of hydrogen-bond donors (Lipinski definition) is 1. The van der Waals surface area contributed by atoms with Gasteiger partial charge in [-0.25, -0.2) is 9.78 Å². The quantitative estimate of drug-likeness (QED) is 0.474. The van der Waals surface area contributed by atoms with Gasteiger partial charge in [0.2, 0.25) is 0 Å². The molecule has 0 aliphatic rings. The van der Waals surface area contributed by atoms with Crippen LogP contribution in [0.15, 0.2) is 75.9 Å². The number of para-hydroxylation sites is 2. The molecule has 5 rings (SSSR count). The number of amides is 1. The molecule has 0 radical (unpaired) electrons. The van der Waals surface area contributed by atoms with Gasteiger partial charge in [0.05, 0.1) is 15.9 Å². The molecule has 142 valence electrons. The average molecular weight is 401 g/mol. The Morgan fingerprint density at radius 2 is 1.79 bits per heavy atom. The van der Waals surface area contributed by atoms with Gasteiger partial charge in [-0.15, -0.1) is 0 Å². The molecule has 0 fully saturated rings. The number of carbonyl (C=O) groups excluding carboxylic acids is 1. The summed E-state index contributed by atoms with van der Waals surface area (Å²) < 4.78 is 7.58. The van der Waals surface area contributed by atoms with Crippen molar-refractivity contribution in [1.29, 1.82) is 0 Å². The van der Waals surface area contributed by atoms with Crippen LogP contribution in [0.25, 0.3) is 26.6 Å². The largest absolute Gasteiger partial charge is 0.420 e. The minimum Gasteiger partial charge on any atom is -0.420 e. The molecule has 5 aromatic rings. The van der Waals surface area contributed by atoms with Gasteiger partial charge >= 0.3 is 5.63 Å². The highest BCUT2D eigenvalue weighted by Gasteiger charge is 2.18. The summed E-state index contributed by atoms with van der Waals surface area (Å²) in [4.78, 5) is 31.0. The van der Waals surface area contributed by atoms with Gasteiger partial charge in [-0.05, 0) is 43.3 Å². The van der Waals surface area contributed by atoms with Crippen molar-refractivity contribution in [3.8, 4) is 10.6 Å². The second-order valence-electron chi connectivity index (χ2n) is 6.56. The minimum atomic E-state index is -0.595. The van der Waals surface area contributed by atoms with Gasteiger partial charge in [0, 0.05) is 11.3 Å². The summed E-state index contributed by atoms with van der Waals surface area (Å²) in [6, 6.07) is 19.9. The molecule has 0 atom stereocenters. The Balaban J connectivity index is 1.51. The molecule has 6 nitrogen and oxygen atoms in total. The van der Waals surface area contributed by atoms with Gasteiger partial charge in [-0.2, -0.15) is 0 Å². The van der Waals surface area contributed by atoms with E-state index in [-0.39, 0.29) is 11.6 Å². The Morgan fingerprint density at radius 1 is 1.03 bits per heavy atom. The molecule has 3 aromatic heterocycles. The van der Waals surface area contributed by atoms with Crippen LogP contribution in [0.4, 0.5) is 5.69 Å². The summed E-state index contributed by atoms with van der Waals surface area (Å²) in [5.41, 5.74) is 2.86. The van der Waals surface area contributed by atoms with Gasteiger partial charge in [0.1, 0.15) is 11.4 Å². The summed E-state index contributed by atoms with van der Waals surface area (Å²) in [5, 5.41) is 2.61. The number of nitrogens with zero attached hydrogens (tertiary/aromatic N) is 2. The van der Waals surface area contributed by atoms with Crippen molar-refractivity contribution in [2.24, 2.45) is 0 Å². The van der Waals surface area contributed by atoms with E-state index in [9.17, 15) is 9.59 Å². The van der Waals surface area contributed by atoms with E-state index in [1.54, 1.807) is 36.4 Å². The third kappa shape index (κ3) is 2.92. The smallest absolute Gasteiger partial charge is 0.360 e. The molecule has 0 spiro atoms. The normalized spacial score (nSPS) is 11.2. The fraction of sp³-hybridized carbons (Fsp3) is 0.0455. The van der Waals surface area contributed by atoms with Crippen LogP contribution in [-0.4, -0.2) is 15.3 Å². The van der Waals surface area contributed by atoms with Crippen LogP contribution in [0.1, 0.15) is 16.1 Å². The Hall–Kier alpha value is -3.71. The maximum Gasteiger partial charge on any atom is 0.360 e. The molecular weight excluding hydrogens is 386 g/mol. The van der Waals surface area contributed by atoms with E-state index in [2.05, 4.69) is 14.7 Å². The van der Waals surface area contributed by atoms with E-state index in [1.165, 1.54) is 11.3 Å². The van der Waals surface area contributed by atoms with E-state index in [0.29, 0.717) is 11.3 Å². The highest BCUT2D eigenvalue weighted by molar-refractivity contribution is 7.20. The number of hydrogen-bond acceptors (Lipinski definition) is 5. The number of nitrogens with one attached hydrogen (secondary N) is 1. The zero-order valence-electron chi connectivity index (χ0n) is 15.4. The summed E-state index contributed by atoms with van der Waals surface area (Å²) in [6.45, 7) is 1.97. The monoisotopic (exact) mass is 401 g/mol. The van der Waals surface area contributed by atoms with Crippen molar-refractivity contribution in [3.63, 3.8) is 0 Å². The molecule has 0 saturated heterocycles. The van der Waals surface area contributed by atoms with Crippen LogP contribution in [-0.2, 0) is 0 Å². The molecule has 1 amide bonds. The second kappa shape index (κ2) is 6.72. The molecule has 0 aliphatic heterocycles. The first kappa shape index (κ1) is 17.4. The van der Waals surface area contributed by atoms with Crippen molar-refractivity contribution in [2.45, 2.75) is 6.92 Å². The SMILES string of the molecule is Cc1c(-c2ccc(NC(=O)c3ccccc3)c(=O)o2)sc2nc3ccccc3n12. The van der Waals surface area contributed by atoms with Crippen LogP contribution in [0.2, 0.25) is 0 Å². The standard InChI is InChI=1S/C22H15N3O3S/c1-13-19(29-22-24-15-9-5-6-10-17(15)25(13)22)18-12-11-16(21(27)28-18)23-20(26)14-7-3-2-4-8-14/h2-12H,1H3,(H,23,26). The topological polar surface area (TPSA) is 76.6 Å². The maximum absolute atomic E-state index is 12.5. The van der Waals surface area contributed by atoms with Gasteiger partial charge in [0.25, 0.3) is 5.91 Å². The summed E-state index contributed by atoms with van der Waals surface area (Å²) in [5.74, 6) is 0.0904. The highest BCUT2D eigenvalue weighted by Crippen LogP contribution is 2.34. The molecule has 1 N–H and O–H groups in total. The number of aromatic nitrogens is 2. The number of carbonyl (C=O) groups is 1. The first-order chi connectivity index (χ1) is 14.1. The van der Waals surface area contributed by atoms with Crippen molar-refractivity contribution in [2.75, 3.05) is 5.32 Å². The van der Waals surface area contributed by atoms with Crippen LogP contribution >= 0.6 is 11.3 Å². The number of benzene rings is 2. The van der Waals surface area contributed by atoms with Crippen LogP contribution < -0.4 is 10.9 Å². The Kier molecular flexibility index (Phi) is 4.03. The van der Waals surface area contributed by atoms with Gasteiger partial charge < -0.3 is 9.73 Å². The number of anilines is 1. The van der Waals surface area contributed by atoms with Gasteiger partial charge in [-0.1, -0.05) is 41.7 Å². The number of rotatable bonds is 3. The third-order valence-electron chi connectivity index (χ3n) is 4.72. The molecule has 0 bridgehead atoms. The predicted molar refractivity (Wildman–Crippen MR) is 114 cm³/mol. The van der Waals surface area contributed by atoms with Crippen molar-refractivity contribution < 1.29 is 9.21 Å². The second-order valence-corrected chi connectivity index (χ2v) is 7.53. The number of fused-ring (bicyclic) bond motifs is 3. The molecule has 0 aliphatic carbocycles. The van der Waals surface area contributed by atoms with Crippen LogP contribution in [0.3, 0.4) is 0 Å². The Bertz CT molecular complexity index is 1430. The van der Waals surface area contributed by atoms with Crippen LogP contribution in [0, 0.1) is 6.92 Å². The lowest BCUT2D eigenvalue weighted by molar-refractivity contribution is 0.102. The predicted octanol–water partition coefficient (Wildman–Crippen LogP) is 4.73. The van der Waals surface area contributed by atoms with Crippen LogP contribution in [0.5, 0.6) is 0 Å². The Morgan fingerprint density at radius 3 is 2.59 bits per heavy atom. The van der Waals surface area contributed by atoms with Crippen molar-refractivity contribution in [3.05, 3.63) is 88.4 Å². The fourth-order valence-electron chi connectivity index (χ4n) is 3.31. The maximum atomic E-state index is 12.5. The highest BCUT2D eigenvalue weighted by atomic mass is 32.1.